The smallest absolute Gasteiger partial charge is 0.256 e. The lowest BCUT2D eigenvalue weighted by molar-refractivity contribution is 0.0951. The highest BCUT2D eigenvalue weighted by Crippen LogP contribution is 2.39. The SMILES string of the molecule is CC1CCc2c(sc(NC(=O)c3ccccc3)c2C(=O)NCc2ccccc2)C1. The molecule has 1 atom stereocenters. The van der Waals surface area contributed by atoms with Gasteiger partial charge in [-0.1, -0.05) is 55.5 Å². The van der Waals surface area contributed by atoms with Crippen LogP contribution in [0, 0.1) is 5.92 Å². The van der Waals surface area contributed by atoms with E-state index in [1.165, 1.54) is 4.88 Å². The van der Waals surface area contributed by atoms with E-state index in [0.717, 1.165) is 30.4 Å². The van der Waals surface area contributed by atoms with Gasteiger partial charge in [0.15, 0.2) is 0 Å². The summed E-state index contributed by atoms with van der Waals surface area (Å²) in [6.45, 7) is 2.70. The van der Waals surface area contributed by atoms with Crippen LogP contribution in [0.3, 0.4) is 0 Å². The summed E-state index contributed by atoms with van der Waals surface area (Å²) >= 11 is 1.55. The minimum absolute atomic E-state index is 0.121. The van der Waals surface area contributed by atoms with E-state index in [1.54, 1.807) is 23.5 Å². The maximum atomic E-state index is 13.1. The Morgan fingerprint density at radius 1 is 1.00 bits per heavy atom. The summed E-state index contributed by atoms with van der Waals surface area (Å²) in [6.07, 6.45) is 2.90. The van der Waals surface area contributed by atoms with Crippen molar-refractivity contribution in [1.82, 2.24) is 5.32 Å². The van der Waals surface area contributed by atoms with E-state index in [1.807, 2.05) is 48.5 Å². The number of amides is 2. The van der Waals surface area contributed by atoms with Crippen LogP contribution in [-0.4, -0.2) is 11.8 Å². The first-order valence-electron chi connectivity index (χ1n) is 9.95. The number of hydrogen-bond donors (Lipinski definition) is 2. The van der Waals surface area contributed by atoms with Gasteiger partial charge in [-0.05, 0) is 48.4 Å². The predicted octanol–water partition coefficient (Wildman–Crippen LogP) is 5.06. The van der Waals surface area contributed by atoms with Gasteiger partial charge in [0.2, 0.25) is 0 Å². The van der Waals surface area contributed by atoms with Crippen molar-refractivity contribution in [3.8, 4) is 0 Å². The second-order valence-electron chi connectivity index (χ2n) is 7.54. The average molecular weight is 405 g/mol. The fourth-order valence-corrected chi connectivity index (χ4v) is 5.11. The molecule has 5 heteroatoms. The molecule has 4 nitrogen and oxygen atoms in total. The molecule has 0 aliphatic heterocycles. The Morgan fingerprint density at radius 3 is 2.41 bits per heavy atom. The van der Waals surface area contributed by atoms with Gasteiger partial charge in [-0.15, -0.1) is 11.3 Å². The maximum absolute atomic E-state index is 13.1. The zero-order chi connectivity index (χ0) is 20.2. The number of fused-ring (bicyclic) bond motifs is 1. The van der Waals surface area contributed by atoms with Gasteiger partial charge in [0.05, 0.1) is 5.56 Å². The summed E-state index contributed by atoms with van der Waals surface area (Å²) < 4.78 is 0. The molecule has 1 unspecified atom stereocenters. The number of hydrogen-bond acceptors (Lipinski definition) is 3. The Hall–Kier alpha value is -2.92. The summed E-state index contributed by atoms with van der Waals surface area (Å²) in [4.78, 5) is 27.0. The monoisotopic (exact) mass is 404 g/mol. The van der Waals surface area contributed by atoms with Crippen LogP contribution in [0.5, 0.6) is 0 Å². The first kappa shape index (κ1) is 19.4. The first-order chi connectivity index (χ1) is 14.1. The third-order valence-electron chi connectivity index (χ3n) is 5.30. The summed E-state index contributed by atoms with van der Waals surface area (Å²) in [7, 11) is 0. The largest absolute Gasteiger partial charge is 0.348 e. The van der Waals surface area contributed by atoms with Gasteiger partial charge in [-0.25, -0.2) is 0 Å². The molecule has 0 radical (unpaired) electrons. The number of rotatable bonds is 5. The van der Waals surface area contributed by atoms with Crippen molar-refractivity contribution in [2.24, 2.45) is 5.92 Å². The van der Waals surface area contributed by atoms with Crippen molar-refractivity contribution in [3.05, 3.63) is 87.8 Å². The molecule has 0 saturated heterocycles. The molecule has 0 fully saturated rings. The number of thiophene rings is 1. The Labute approximate surface area is 175 Å². The first-order valence-corrected chi connectivity index (χ1v) is 10.8. The third-order valence-corrected chi connectivity index (χ3v) is 6.47. The molecule has 1 heterocycles. The van der Waals surface area contributed by atoms with Crippen LogP contribution >= 0.6 is 11.3 Å². The van der Waals surface area contributed by atoms with E-state index in [4.69, 9.17) is 0 Å². The summed E-state index contributed by atoms with van der Waals surface area (Å²) in [5.41, 5.74) is 3.37. The minimum Gasteiger partial charge on any atom is -0.348 e. The van der Waals surface area contributed by atoms with Crippen LogP contribution in [0.4, 0.5) is 5.00 Å². The molecular weight excluding hydrogens is 380 g/mol. The van der Waals surface area contributed by atoms with E-state index >= 15 is 0 Å². The molecule has 29 heavy (non-hydrogen) atoms. The molecule has 2 amide bonds. The van der Waals surface area contributed by atoms with Crippen molar-refractivity contribution in [2.45, 2.75) is 32.7 Å². The predicted molar refractivity (Wildman–Crippen MR) is 118 cm³/mol. The minimum atomic E-state index is -0.186. The topological polar surface area (TPSA) is 58.2 Å². The van der Waals surface area contributed by atoms with Crippen molar-refractivity contribution in [1.29, 1.82) is 0 Å². The van der Waals surface area contributed by atoms with Gasteiger partial charge in [-0.3, -0.25) is 9.59 Å². The van der Waals surface area contributed by atoms with E-state index in [-0.39, 0.29) is 11.8 Å². The standard InChI is InChI=1S/C24H24N2O2S/c1-16-12-13-19-20(14-16)29-24(26-22(27)18-10-6-3-7-11-18)21(19)23(28)25-15-17-8-4-2-5-9-17/h2-11,16H,12-15H2,1H3,(H,25,28)(H,26,27). The molecule has 0 bridgehead atoms. The van der Waals surface area contributed by atoms with Crippen LogP contribution in [-0.2, 0) is 19.4 Å². The van der Waals surface area contributed by atoms with Gasteiger partial charge < -0.3 is 10.6 Å². The highest BCUT2D eigenvalue weighted by molar-refractivity contribution is 7.17. The van der Waals surface area contributed by atoms with E-state index in [2.05, 4.69) is 17.6 Å². The van der Waals surface area contributed by atoms with Crippen LogP contribution in [0.25, 0.3) is 0 Å². The van der Waals surface area contributed by atoms with Crippen LogP contribution < -0.4 is 10.6 Å². The Morgan fingerprint density at radius 2 is 1.69 bits per heavy atom. The molecule has 1 aliphatic carbocycles. The normalized spacial score (nSPS) is 15.4. The molecule has 3 aromatic rings. The Bertz CT molecular complexity index is 1010. The lowest BCUT2D eigenvalue weighted by Gasteiger charge is -2.18. The number of carbonyl (C=O) groups excluding carboxylic acids is 2. The van der Waals surface area contributed by atoms with Gasteiger partial charge in [0, 0.05) is 17.0 Å². The fourth-order valence-electron chi connectivity index (χ4n) is 3.71. The molecule has 1 aromatic heterocycles. The quantitative estimate of drug-likeness (QED) is 0.625. The van der Waals surface area contributed by atoms with Crippen molar-refractivity contribution < 1.29 is 9.59 Å². The van der Waals surface area contributed by atoms with E-state index < -0.39 is 0 Å². The summed E-state index contributed by atoms with van der Waals surface area (Å²) in [6, 6.07) is 19.0. The van der Waals surface area contributed by atoms with Crippen molar-refractivity contribution >= 4 is 28.2 Å². The second-order valence-corrected chi connectivity index (χ2v) is 8.65. The maximum Gasteiger partial charge on any atom is 0.256 e. The molecule has 0 saturated carbocycles. The molecule has 1 aliphatic rings. The number of benzene rings is 2. The summed E-state index contributed by atoms with van der Waals surface area (Å²) in [5.74, 6) is 0.290. The molecule has 148 valence electrons. The van der Waals surface area contributed by atoms with Gasteiger partial charge >= 0.3 is 0 Å². The zero-order valence-corrected chi connectivity index (χ0v) is 17.2. The van der Waals surface area contributed by atoms with Crippen molar-refractivity contribution in [3.63, 3.8) is 0 Å². The second kappa shape index (κ2) is 8.62. The third kappa shape index (κ3) is 4.40. The summed E-state index contributed by atoms with van der Waals surface area (Å²) in [5, 5.41) is 6.69. The highest BCUT2D eigenvalue weighted by atomic mass is 32.1. The van der Waals surface area contributed by atoms with Crippen molar-refractivity contribution in [2.75, 3.05) is 5.32 Å². The number of carbonyl (C=O) groups is 2. The van der Waals surface area contributed by atoms with Crippen LogP contribution in [0.15, 0.2) is 60.7 Å². The number of anilines is 1. The van der Waals surface area contributed by atoms with Crippen LogP contribution in [0.1, 0.15) is 50.1 Å². The Balaban J connectivity index is 1.60. The lowest BCUT2D eigenvalue weighted by Crippen LogP contribution is -2.26. The highest BCUT2D eigenvalue weighted by Gasteiger charge is 2.28. The van der Waals surface area contributed by atoms with E-state index in [0.29, 0.717) is 28.6 Å². The molecule has 0 spiro atoms. The van der Waals surface area contributed by atoms with Gasteiger partial charge in [0.25, 0.3) is 11.8 Å². The lowest BCUT2D eigenvalue weighted by atomic mass is 9.88. The molecule has 4 rings (SSSR count). The molecule has 2 aromatic carbocycles. The van der Waals surface area contributed by atoms with E-state index in [9.17, 15) is 9.59 Å². The Kier molecular flexibility index (Phi) is 5.76. The molecule has 2 N–H and O–H groups in total. The van der Waals surface area contributed by atoms with Gasteiger partial charge in [0.1, 0.15) is 5.00 Å². The van der Waals surface area contributed by atoms with Crippen LogP contribution in [0.2, 0.25) is 0 Å². The number of nitrogens with one attached hydrogen (secondary N) is 2. The fraction of sp³-hybridized carbons (Fsp3) is 0.250. The zero-order valence-electron chi connectivity index (χ0n) is 16.4. The van der Waals surface area contributed by atoms with Gasteiger partial charge in [-0.2, -0.15) is 0 Å². The molecular formula is C24H24N2O2S. The average Bonchev–Trinajstić information content (AvgIpc) is 3.10.